The molecule has 1 atom stereocenters. The molecule has 0 aromatic carbocycles. The monoisotopic (exact) mass is 275 g/mol. The molecule has 2 heterocycles. The molecule has 0 bridgehead atoms. The molecule has 3 nitrogen and oxygen atoms in total. The lowest BCUT2D eigenvalue weighted by Crippen LogP contribution is -2.34. The number of piperidine rings is 1. The Morgan fingerprint density at radius 1 is 1.20 bits per heavy atom. The van der Waals surface area contributed by atoms with Gasteiger partial charge in [0.2, 0.25) is 0 Å². The minimum atomic E-state index is 0.585. The lowest BCUT2D eigenvalue weighted by Gasteiger charge is -2.35. The number of nitrogens with zero attached hydrogens (tertiary/aromatic N) is 3. The van der Waals surface area contributed by atoms with E-state index in [0.29, 0.717) is 6.04 Å². The smallest absolute Gasteiger partial charge is 0.128 e. The summed E-state index contributed by atoms with van der Waals surface area (Å²) in [5.74, 6) is 1.11. The zero-order valence-corrected chi connectivity index (χ0v) is 13.3. The van der Waals surface area contributed by atoms with Crippen LogP contribution in [0.3, 0.4) is 0 Å². The molecule has 1 aliphatic heterocycles. The summed E-state index contributed by atoms with van der Waals surface area (Å²) in [5, 5.41) is 0. The van der Waals surface area contributed by atoms with Gasteiger partial charge in [-0.1, -0.05) is 19.4 Å². The van der Waals surface area contributed by atoms with E-state index in [1.807, 2.05) is 0 Å². The maximum atomic E-state index is 4.69. The Bertz CT molecular complexity index is 382. The van der Waals surface area contributed by atoms with Crippen LogP contribution in [0.15, 0.2) is 18.3 Å². The summed E-state index contributed by atoms with van der Waals surface area (Å²) in [7, 11) is 0. The molecule has 0 unspecified atom stereocenters. The van der Waals surface area contributed by atoms with Crippen LogP contribution in [0.25, 0.3) is 0 Å². The highest BCUT2D eigenvalue weighted by atomic mass is 15.2. The maximum absolute atomic E-state index is 4.69. The fourth-order valence-corrected chi connectivity index (χ4v) is 3.25. The molecule has 3 heteroatoms. The number of rotatable bonds is 6. The topological polar surface area (TPSA) is 19.4 Å². The molecule has 1 aromatic heterocycles. The van der Waals surface area contributed by atoms with Gasteiger partial charge >= 0.3 is 0 Å². The summed E-state index contributed by atoms with van der Waals surface area (Å²) in [6.45, 7) is 11.1. The third-order valence-electron chi connectivity index (χ3n) is 4.37. The molecule has 112 valence electrons. The van der Waals surface area contributed by atoms with E-state index in [-0.39, 0.29) is 0 Å². The van der Waals surface area contributed by atoms with Crippen LogP contribution >= 0.6 is 0 Å². The number of likely N-dealkylation sites (tertiary alicyclic amines) is 1. The van der Waals surface area contributed by atoms with Crippen LogP contribution < -0.4 is 4.90 Å². The van der Waals surface area contributed by atoms with E-state index in [1.54, 1.807) is 0 Å². The van der Waals surface area contributed by atoms with E-state index >= 15 is 0 Å². The minimum absolute atomic E-state index is 0.585. The van der Waals surface area contributed by atoms with Gasteiger partial charge in [0.15, 0.2) is 0 Å². The SMILES string of the molecule is CCCN1CCCC[C@H]1c1ccc(N(CC)CC)nc1. The average molecular weight is 275 g/mol. The number of hydrogen-bond donors (Lipinski definition) is 0. The van der Waals surface area contributed by atoms with Crippen molar-refractivity contribution in [2.24, 2.45) is 0 Å². The Morgan fingerprint density at radius 3 is 2.60 bits per heavy atom. The lowest BCUT2D eigenvalue weighted by atomic mass is 9.96. The molecule has 0 saturated carbocycles. The van der Waals surface area contributed by atoms with E-state index in [2.05, 4.69) is 53.9 Å². The van der Waals surface area contributed by atoms with Gasteiger partial charge in [-0.2, -0.15) is 0 Å². The Balaban J connectivity index is 2.11. The zero-order valence-electron chi connectivity index (χ0n) is 13.3. The minimum Gasteiger partial charge on any atom is -0.357 e. The molecule has 20 heavy (non-hydrogen) atoms. The number of aromatic nitrogens is 1. The van der Waals surface area contributed by atoms with Gasteiger partial charge in [-0.05, 0) is 57.8 Å². The van der Waals surface area contributed by atoms with Gasteiger partial charge in [0.05, 0.1) is 0 Å². The van der Waals surface area contributed by atoms with E-state index < -0.39 is 0 Å². The van der Waals surface area contributed by atoms with E-state index in [1.165, 1.54) is 44.3 Å². The summed E-state index contributed by atoms with van der Waals surface area (Å²) in [6, 6.07) is 5.07. The van der Waals surface area contributed by atoms with Gasteiger partial charge in [-0.15, -0.1) is 0 Å². The van der Waals surface area contributed by atoms with Crippen molar-refractivity contribution in [3.05, 3.63) is 23.9 Å². The first-order valence-electron chi connectivity index (χ1n) is 8.25. The highest BCUT2D eigenvalue weighted by Gasteiger charge is 2.23. The van der Waals surface area contributed by atoms with E-state index in [0.717, 1.165) is 18.9 Å². The van der Waals surface area contributed by atoms with Crippen molar-refractivity contribution in [2.75, 3.05) is 31.1 Å². The standard InChI is InChI=1S/C17H29N3/c1-4-12-20-13-8-7-9-16(20)15-10-11-17(18-14-15)19(5-2)6-3/h10-11,14,16H,4-9,12-13H2,1-3H3/t16-/m0/s1. The van der Waals surface area contributed by atoms with Gasteiger partial charge in [0, 0.05) is 25.3 Å². The third-order valence-corrected chi connectivity index (χ3v) is 4.37. The number of pyridine rings is 1. The first-order chi connectivity index (χ1) is 9.80. The molecule has 2 rings (SSSR count). The second kappa shape index (κ2) is 7.63. The Kier molecular flexibility index (Phi) is 5.84. The lowest BCUT2D eigenvalue weighted by molar-refractivity contribution is 0.149. The Hall–Kier alpha value is -1.09. The summed E-state index contributed by atoms with van der Waals surface area (Å²) in [4.78, 5) is 9.63. The number of hydrogen-bond acceptors (Lipinski definition) is 3. The van der Waals surface area contributed by atoms with Crippen LogP contribution in [0.4, 0.5) is 5.82 Å². The molecule has 1 aromatic rings. The second-order valence-corrected chi connectivity index (χ2v) is 5.67. The zero-order chi connectivity index (χ0) is 14.4. The molecule has 1 fully saturated rings. The van der Waals surface area contributed by atoms with Gasteiger partial charge in [0.1, 0.15) is 5.82 Å². The Morgan fingerprint density at radius 2 is 2.00 bits per heavy atom. The van der Waals surface area contributed by atoms with E-state index in [4.69, 9.17) is 0 Å². The van der Waals surface area contributed by atoms with E-state index in [9.17, 15) is 0 Å². The van der Waals surface area contributed by atoms with Crippen LogP contribution in [-0.4, -0.2) is 36.1 Å². The molecule has 0 amide bonds. The summed E-state index contributed by atoms with van der Waals surface area (Å²) in [5.41, 5.74) is 1.40. The van der Waals surface area contributed by atoms with Crippen molar-refractivity contribution in [1.82, 2.24) is 9.88 Å². The van der Waals surface area contributed by atoms with Crippen molar-refractivity contribution >= 4 is 5.82 Å². The highest BCUT2D eigenvalue weighted by molar-refractivity contribution is 5.39. The summed E-state index contributed by atoms with van der Waals surface area (Å²) in [6.07, 6.45) is 7.32. The number of anilines is 1. The largest absolute Gasteiger partial charge is 0.357 e. The Labute approximate surface area is 124 Å². The molecule has 0 radical (unpaired) electrons. The summed E-state index contributed by atoms with van der Waals surface area (Å²) >= 11 is 0. The molecule has 0 aliphatic carbocycles. The van der Waals surface area contributed by atoms with Gasteiger partial charge < -0.3 is 4.90 Å². The van der Waals surface area contributed by atoms with Crippen LogP contribution in [0.2, 0.25) is 0 Å². The molecule has 1 saturated heterocycles. The van der Waals surface area contributed by atoms with Crippen LogP contribution in [0.5, 0.6) is 0 Å². The van der Waals surface area contributed by atoms with Crippen molar-refractivity contribution < 1.29 is 0 Å². The highest BCUT2D eigenvalue weighted by Crippen LogP contribution is 2.31. The van der Waals surface area contributed by atoms with Gasteiger partial charge in [0.25, 0.3) is 0 Å². The predicted octanol–water partition coefficient (Wildman–Crippen LogP) is 3.86. The molecule has 1 aliphatic rings. The van der Waals surface area contributed by atoms with Crippen molar-refractivity contribution in [2.45, 2.75) is 52.5 Å². The second-order valence-electron chi connectivity index (χ2n) is 5.67. The molecular weight excluding hydrogens is 246 g/mol. The van der Waals surface area contributed by atoms with Crippen molar-refractivity contribution in [3.63, 3.8) is 0 Å². The van der Waals surface area contributed by atoms with Crippen LogP contribution in [0.1, 0.15) is 58.1 Å². The first kappa shape index (κ1) is 15.3. The summed E-state index contributed by atoms with van der Waals surface area (Å²) < 4.78 is 0. The fourth-order valence-electron chi connectivity index (χ4n) is 3.25. The average Bonchev–Trinajstić information content (AvgIpc) is 2.50. The quantitative estimate of drug-likeness (QED) is 0.786. The molecule has 0 N–H and O–H groups in total. The normalized spacial score (nSPS) is 20.1. The van der Waals surface area contributed by atoms with Crippen molar-refractivity contribution in [3.8, 4) is 0 Å². The molecule has 0 spiro atoms. The van der Waals surface area contributed by atoms with Crippen LogP contribution in [-0.2, 0) is 0 Å². The van der Waals surface area contributed by atoms with Crippen LogP contribution in [0, 0.1) is 0 Å². The van der Waals surface area contributed by atoms with Gasteiger partial charge in [-0.3, -0.25) is 4.90 Å². The predicted molar refractivity (Wildman–Crippen MR) is 86.3 cm³/mol. The van der Waals surface area contributed by atoms with Gasteiger partial charge in [-0.25, -0.2) is 4.98 Å². The fraction of sp³-hybridized carbons (Fsp3) is 0.706. The van der Waals surface area contributed by atoms with Crippen molar-refractivity contribution in [1.29, 1.82) is 0 Å². The third kappa shape index (κ3) is 3.51. The first-order valence-corrected chi connectivity index (χ1v) is 8.25. The molecular formula is C17H29N3. The maximum Gasteiger partial charge on any atom is 0.128 e.